The van der Waals surface area contributed by atoms with Gasteiger partial charge in [-0.05, 0) is 18.9 Å². The fraction of sp³-hybridized carbons (Fsp3) is 0.538. The Balaban J connectivity index is 2.30. The lowest BCUT2D eigenvalue weighted by atomic mass is 9.97. The molecule has 1 aliphatic rings. The molecule has 1 saturated heterocycles. The first-order chi connectivity index (χ1) is 8.26. The summed E-state index contributed by atoms with van der Waals surface area (Å²) in [5.74, 6) is 1.47. The van der Waals surface area contributed by atoms with Crippen molar-refractivity contribution in [3.8, 4) is 11.5 Å². The maximum absolute atomic E-state index is 5.97. The van der Waals surface area contributed by atoms with Crippen LogP contribution in [0, 0.1) is 0 Å². The summed E-state index contributed by atoms with van der Waals surface area (Å²) in [4.78, 5) is 0. The Bertz CT molecular complexity index is 381. The number of hydrogen-bond donors (Lipinski definition) is 1. The second-order valence-corrected chi connectivity index (χ2v) is 4.23. The van der Waals surface area contributed by atoms with E-state index in [-0.39, 0.29) is 12.1 Å². The van der Waals surface area contributed by atoms with Crippen LogP contribution in [0.25, 0.3) is 0 Å². The minimum absolute atomic E-state index is 0.00352. The van der Waals surface area contributed by atoms with Gasteiger partial charge in [-0.25, -0.2) is 0 Å². The first-order valence-corrected chi connectivity index (χ1v) is 5.84. The molecule has 0 amide bonds. The van der Waals surface area contributed by atoms with Crippen LogP contribution in [0.4, 0.5) is 0 Å². The average molecular weight is 237 g/mol. The van der Waals surface area contributed by atoms with Crippen LogP contribution in [0.3, 0.4) is 0 Å². The van der Waals surface area contributed by atoms with E-state index in [4.69, 9.17) is 19.9 Å². The zero-order valence-electron chi connectivity index (χ0n) is 10.3. The third kappa shape index (κ3) is 2.53. The van der Waals surface area contributed by atoms with E-state index >= 15 is 0 Å². The molecule has 1 heterocycles. The van der Waals surface area contributed by atoms with Crippen molar-refractivity contribution in [2.24, 2.45) is 5.73 Å². The van der Waals surface area contributed by atoms with E-state index in [0.29, 0.717) is 6.61 Å². The van der Waals surface area contributed by atoms with Crippen molar-refractivity contribution in [1.29, 1.82) is 0 Å². The van der Waals surface area contributed by atoms with Gasteiger partial charge in [-0.1, -0.05) is 12.1 Å². The lowest BCUT2D eigenvalue weighted by molar-refractivity contribution is 0.00522. The Hall–Kier alpha value is -1.26. The highest BCUT2D eigenvalue weighted by Crippen LogP contribution is 2.39. The van der Waals surface area contributed by atoms with Gasteiger partial charge in [-0.15, -0.1) is 0 Å². The molecule has 4 nitrogen and oxygen atoms in total. The fourth-order valence-electron chi connectivity index (χ4n) is 2.20. The molecule has 0 saturated carbocycles. The van der Waals surface area contributed by atoms with Crippen molar-refractivity contribution in [3.05, 3.63) is 23.8 Å². The zero-order valence-corrected chi connectivity index (χ0v) is 10.3. The molecule has 0 bridgehead atoms. The number of hydrogen-bond acceptors (Lipinski definition) is 4. The summed E-state index contributed by atoms with van der Waals surface area (Å²) >= 11 is 0. The van der Waals surface area contributed by atoms with Gasteiger partial charge in [0.15, 0.2) is 11.5 Å². The van der Waals surface area contributed by atoms with Crippen molar-refractivity contribution < 1.29 is 14.2 Å². The van der Waals surface area contributed by atoms with Gasteiger partial charge in [-0.3, -0.25) is 0 Å². The van der Waals surface area contributed by atoms with Crippen LogP contribution < -0.4 is 15.2 Å². The molecule has 94 valence electrons. The molecular formula is C13H19NO3. The van der Waals surface area contributed by atoms with Gasteiger partial charge in [-0.2, -0.15) is 0 Å². The molecule has 2 atom stereocenters. The van der Waals surface area contributed by atoms with Crippen LogP contribution in [0.1, 0.15) is 24.5 Å². The van der Waals surface area contributed by atoms with Crippen LogP contribution >= 0.6 is 0 Å². The molecule has 2 N–H and O–H groups in total. The quantitative estimate of drug-likeness (QED) is 0.872. The van der Waals surface area contributed by atoms with Gasteiger partial charge in [0.1, 0.15) is 0 Å². The molecule has 1 aromatic rings. The van der Waals surface area contributed by atoms with Crippen molar-refractivity contribution in [2.75, 3.05) is 20.8 Å². The SMILES string of the molecule is COc1cccc(C2CC(N)CCO2)c1OC. The van der Waals surface area contributed by atoms with E-state index in [1.54, 1.807) is 14.2 Å². The van der Waals surface area contributed by atoms with Crippen molar-refractivity contribution in [3.63, 3.8) is 0 Å². The Morgan fingerprint density at radius 3 is 2.76 bits per heavy atom. The summed E-state index contributed by atoms with van der Waals surface area (Å²) in [6.07, 6.45) is 1.75. The molecule has 1 fully saturated rings. The monoisotopic (exact) mass is 237 g/mol. The van der Waals surface area contributed by atoms with Crippen LogP contribution in [0.15, 0.2) is 18.2 Å². The lowest BCUT2D eigenvalue weighted by Crippen LogP contribution is -2.30. The number of benzene rings is 1. The second kappa shape index (κ2) is 5.38. The fourth-order valence-corrected chi connectivity index (χ4v) is 2.20. The molecule has 0 spiro atoms. The van der Waals surface area contributed by atoms with Crippen LogP contribution in [-0.2, 0) is 4.74 Å². The number of ether oxygens (including phenoxy) is 3. The number of methoxy groups -OCH3 is 2. The largest absolute Gasteiger partial charge is 0.493 e. The number of nitrogens with two attached hydrogens (primary N) is 1. The van der Waals surface area contributed by atoms with Gasteiger partial charge < -0.3 is 19.9 Å². The van der Waals surface area contributed by atoms with Gasteiger partial charge in [0.25, 0.3) is 0 Å². The minimum atomic E-state index is 0.00352. The molecule has 1 aliphatic heterocycles. The Morgan fingerprint density at radius 2 is 2.12 bits per heavy atom. The van der Waals surface area contributed by atoms with Gasteiger partial charge >= 0.3 is 0 Å². The van der Waals surface area contributed by atoms with E-state index in [0.717, 1.165) is 29.9 Å². The summed E-state index contributed by atoms with van der Waals surface area (Å²) < 4.78 is 16.5. The smallest absolute Gasteiger partial charge is 0.166 e. The molecule has 0 aromatic heterocycles. The van der Waals surface area contributed by atoms with E-state index in [1.165, 1.54) is 0 Å². The van der Waals surface area contributed by atoms with Crippen LogP contribution in [0.5, 0.6) is 11.5 Å². The molecule has 0 radical (unpaired) electrons. The minimum Gasteiger partial charge on any atom is -0.493 e. The molecular weight excluding hydrogens is 218 g/mol. The van der Waals surface area contributed by atoms with Gasteiger partial charge in [0, 0.05) is 18.2 Å². The number of rotatable bonds is 3. The summed E-state index contributed by atoms with van der Waals surface area (Å²) in [6, 6.07) is 6.03. The van der Waals surface area contributed by atoms with E-state index in [1.807, 2.05) is 18.2 Å². The van der Waals surface area contributed by atoms with Crippen LogP contribution in [-0.4, -0.2) is 26.9 Å². The zero-order chi connectivity index (χ0) is 12.3. The number of para-hydroxylation sites is 1. The molecule has 1 aromatic carbocycles. The van der Waals surface area contributed by atoms with Gasteiger partial charge in [0.2, 0.25) is 0 Å². The highest BCUT2D eigenvalue weighted by molar-refractivity contribution is 5.47. The van der Waals surface area contributed by atoms with Crippen LogP contribution in [0.2, 0.25) is 0 Å². The van der Waals surface area contributed by atoms with E-state index in [2.05, 4.69) is 0 Å². The van der Waals surface area contributed by atoms with Crippen molar-refractivity contribution >= 4 is 0 Å². The second-order valence-electron chi connectivity index (χ2n) is 4.23. The highest BCUT2D eigenvalue weighted by atomic mass is 16.5. The van der Waals surface area contributed by atoms with Gasteiger partial charge in [0.05, 0.1) is 20.3 Å². The molecule has 2 rings (SSSR count). The summed E-state index contributed by atoms with van der Waals surface area (Å²) in [6.45, 7) is 0.701. The predicted molar refractivity (Wildman–Crippen MR) is 65.4 cm³/mol. The normalized spacial score (nSPS) is 24.4. The molecule has 17 heavy (non-hydrogen) atoms. The summed E-state index contributed by atoms with van der Waals surface area (Å²) in [7, 11) is 3.28. The summed E-state index contributed by atoms with van der Waals surface area (Å²) in [5, 5.41) is 0. The Labute approximate surface area is 102 Å². The lowest BCUT2D eigenvalue weighted by Gasteiger charge is -2.28. The third-order valence-electron chi connectivity index (χ3n) is 3.10. The Kier molecular flexibility index (Phi) is 3.86. The topological polar surface area (TPSA) is 53.7 Å². The molecule has 0 aliphatic carbocycles. The predicted octanol–water partition coefficient (Wildman–Crippen LogP) is 1.88. The third-order valence-corrected chi connectivity index (χ3v) is 3.10. The molecule has 4 heteroatoms. The highest BCUT2D eigenvalue weighted by Gasteiger charge is 2.25. The standard InChI is InChI=1S/C13H19NO3/c1-15-11-5-3-4-10(13(11)16-2)12-8-9(14)6-7-17-12/h3-5,9,12H,6-8,14H2,1-2H3. The first kappa shape index (κ1) is 12.2. The molecule has 2 unspecified atom stereocenters. The average Bonchev–Trinajstić information content (AvgIpc) is 2.37. The van der Waals surface area contributed by atoms with Crippen molar-refractivity contribution in [1.82, 2.24) is 0 Å². The van der Waals surface area contributed by atoms with E-state index < -0.39 is 0 Å². The van der Waals surface area contributed by atoms with E-state index in [9.17, 15) is 0 Å². The summed E-state index contributed by atoms with van der Waals surface area (Å²) in [5.41, 5.74) is 6.99. The first-order valence-electron chi connectivity index (χ1n) is 5.84. The Morgan fingerprint density at radius 1 is 1.29 bits per heavy atom. The maximum atomic E-state index is 5.97. The van der Waals surface area contributed by atoms with Crippen molar-refractivity contribution in [2.45, 2.75) is 25.0 Å². The maximum Gasteiger partial charge on any atom is 0.166 e.